The molecule has 5 nitrogen and oxygen atoms in total. The summed E-state index contributed by atoms with van der Waals surface area (Å²) in [4.78, 5) is 4.01. The van der Waals surface area contributed by atoms with Crippen molar-refractivity contribution in [3.05, 3.63) is 30.1 Å². The van der Waals surface area contributed by atoms with Gasteiger partial charge in [-0.3, -0.25) is 4.98 Å². The van der Waals surface area contributed by atoms with E-state index in [1.807, 2.05) is 12.1 Å². The Balaban J connectivity index is 1.90. The fourth-order valence-electron chi connectivity index (χ4n) is 2.69. The fourth-order valence-corrected chi connectivity index (χ4v) is 4.09. The molecule has 0 amide bonds. The van der Waals surface area contributed by atoms with E-state index in [0.29, 0.717) is 25.0 Å². The zero-order chi connectivity index (χ0) is 15.5. The Morgan fingerprint density at radius 1 is 1.38 bits per heavy atom. The molecule has 1 fully saturated rings. The van der Waals surface area contributed by atoms with Crippen molar-refractivity contribution in [3.8, 4) is 0 Å². The Hall–Kier alpha value is -0.980. The molecule has 0 unspecified atom stereocenters. The van der Waals surface area contributed by atoms with Crippen LogP contribution in [0.1, 0.15) is 32.8 Å². The summed E-state index contributed by atoms with van der Waals surface area (Å²) >= 11 is 0. The van der Waals surface area contributed by atoms with E-state index in [9.17, 15) is 8.42 Å². The normalized spacial score (nSPS) is 24.4. The molecular formula is C15H25N3O2S. The van der Waals surface area contributed by atoms with Crippen molar-refractivity contribution in [2.75, 3.05) is 13.1 Å². The molecule has 0 aliphatic carbocycles. The molecule has 0 saturated carbocycles. The summed E-state index contributed by atoms with van der Waals surface area (Å²) in [6.45, 7) is 7.62. The molecule has 1 aromatic rings. The topological polar surface area (TPSA) is 62.3 Å². The van der Waals surface area contributed by atoms with Gasteiger partial charge in [-0.2, -0.15) is 0 Å². The van der Waals surface area contributed by atoms with Gasteiger partial charge in [-0.05, 0) is 43.9 Å². The number of nitrogens with zero attached hydrogens (tertiary/aromatic N) is 2. The lowest BCUT2D eigenvalue weighted by Crippen LogP contribution is -2.51. The van der Waals surface area contributed by atoms with Gasteiger partial charge in [0.2, 0.25) is 10.0 Å². The maximum atomic E-state index is 12.2. The van der Waals surface area contributed by atoms with Gasteiger partial charge in [0.25, 0.3) is 0 Å². The van der Waals surface area contributed by atoms with Crippen molar-refractivity contribution in [1.29, 1.82) is 0 Å². The van der Waals surface area contributed by atoms with Gasteiger partial charge in [0.15, 0.2) is 0 Å². The van der Waals surface area contributed by atoms with Crippen LogP contribution in [0.5, 0.6) is 0 Å². The zero-order valence-corrected chi connectivity index (χ0v) is 13.8. The highest BCUT2D eigenvalue weighted by atomic mass is 32.2. The highest BCUT2D eigenvalue weighted by molar-refractivity contribution is 7.89. The third kappa shape index (κ3) is 4.02. The first-order chi connectivity index (χ1) is 9.91. The Morgan fingerprint density at radius 2 is 2.05 bits per heavy atom. The molecule has 2 rings (SSSR count). The number of nitrogens with one attached hydrogen (secondary N) is 1. The standard InChI is InChI=1S/C15H25N3O2S/c1-12(2)21(19,20)18-9-6-15(13(3)11-18)17-10-14-4-7-16-8-5-14/h4-5,7-8,12-13,15,17H,6,9-11H2,1-3H3/t13-,15+/m0/s1. The quantitative estimate of drug-likeness (QED) is 0.897. The molecule has 21 heavy (non-hydrogen) atoms. The van der Waals surface area contributed by atoms with Crippen LogP contribution >= 0.6 is 0 Å². The van der Waals surface area contributed by atoms with Crippen LogP contribution in [0, 0.1) is 5.92 Å². The summed E-state index contributed by atoms with van der Waals surface area (Å²) in [6.07, 6.45) is 4.44. The summed E-state index contributed by atoms with van der Waals surface area (Å²) in [5.41, 5.74) is 1.20. The lowest BCUT2D eigenvalue weighted by atomic mass is 9.95. The maximum absolute atomic E-state index is 12.2. The number of sulfonamides is 1. The number of pyridine rings is 1. The first-order valence-electron chi connectivity index (χ1n) is 7.52. The van der Waals surface area contributed by atoms with Crippen LogP contribution in [0.15, 0.2) is 24.5 Å². The lowest BCUT2D eigenvalue weighted by Gasteiger charge is -2.37. The first-order valence-corrected chi connectivity index (χ1v) is 9.03. The minimum atomic E-state index is -3.13. The van der Waals surface area contributed by atoms with Gasteiger partial charge in [-0.25, -0.2) is 12.7 Å². The summed E-state index contributed by atoms with van der Waals surface area (Å²) in [5, 5.41) is 3.20. The van der Waals surface area contributed by atoms with Crippen LogP contribution in [0.2, 0.25) is 0 Å². The van der Waals surface area contributed by atoms with E-state index in [0.717, 1.165) is 13.0 Å². The molecular weight excluding hydrogens is 286 g/mol. The highest BCUT2D eigenvalue weighted by Crippen LogP contribution is 2.21. The Labute approximate surface area is 127 Å². The molecule has 2 atom stereocenters. The largest absolute Gasteiger partial charge is 0.310 e. The van der Waals surface area contributed by atoms with Crippen molar-refractivity contribution in [2.24, 2.45) is 5.92 Å². The number of hydrogen-bond acceptors (Lipinski definition) is 4. The molecule has 1 aliphatic rings. The molecule has 1 saturated heterocycles. The number of aromatic nitrogens is 1. The van der Waals surface area contributed by atoms with Crippen LogP contribution < -0.4 is 5.32 Å². The van der Waals surface area contributed by atoms with E-state index in [4.69, 9.17) is 0 Å². The molecule has 118 valence electrons. The van der Waals surface area contributed by atoms with Crippen molar-refractivity contribution in [1.82, 2.24) is 14.6 Å². The Bertz CT molecular complexity index is 545. The number of piperidine rings is 1. The van der Waals surface area contributed by atoms with Crippen LogP contribution in [0.3, 0.4) is 0 Å². The molecule has 1 aromatic heterocycles. The van der Waals surface area contributed by atoms with E-state index in [1.165, 1.54) is 5.56 Å². The molecule has 6 heteroatoms. The smallest absolute Gasteiger partial charge is 0.216 e. The first kappa shape index (κ1) is 16.4. The maximum Gasteiger partial charge on any atom is 0.216 e. The third-order valence-corrected chi connectivity index (χ3v) is 6.38. The van der Waals surface area contributed by atoms with Crippen LogP contribution in [-0.2, 0) is 16.6 Å². The fraction of sp³-hybridized carbons (Fsp3) is 0.667. The molecule has 2 heterocycles. The van der Waals surface area contributed by atoms with Crippen LogP contribution in [0.25, 0.3) is 0 Å². The van der Waals surface area contributed by atoms with Gasteiger partial charge >= 0.3 is 0 Å². The number of rotatable bonds is 5. The minimum absolute atomic E-state index is 0.314. The van der Waals surface area contributed by atoms with Gasteiger partial charge in [0, 0.05) is 38.1 Å². The second-order valence-electron chi connectivity index (χ2n) is 6.06. The SMILES string of the molecule is CC(C)S(=O)(=O)N1CC[C@@H](NCc2ccncc2)[C@@H](C)C1. The molecule has 0 bridgehead atoms. The lowest BCUT2D eigenvalue weighted by molar-refractivity contribution is 0.218. The minimum Gasteiger partial charge on any atom is -0.310 e. The molecule has 0 radical (unpaired) electrons. The Morgan fingerprint density at radius 3 is 2.62 bits per heavy atom. The Kier molecular flexibility index (Phi) is 5.35. The van der Waals surface area contributed by atoms with Gasteiger partial charge < -0.3 is 5.32 Å². The molecule has 1 N–H and O–H groups in total. The zero-order valence-electron chi connectivity index (χ0n) is 13.0. The van der Waals surface area contributed by atoms with Gasteiger partial charge in [-0.1, -0.05) is 6.92 Å². The van der Waals surface area contributed by atoms with E-state index in [2.05, 4.69) is 17.2 Å². The van der Waals surface area contributed by atoms with E-state index in [1.54, 1.807) is 30.5 Å². The van der Waals surface area contributed by atoms with Crippen LogP contribution in [-0.4, -0.2) is 42.1 Å². The molecule has 1 aliphatic heterocycles. The monoisotopic (exact) mass is 311 g/mol. The highest BCUT2D eigenvalue weighted by Gasteiger charge is 2.33. The van der Waals surface area contributed by atoms with Gasteiger partial charge in [-0.15, -0.1) is 0 Å². The van der Waals surface area contributed by atoms with E-state index >= 15 is 0 Å². The van der Waals surface area contributed by atoms with Crippen molar-refractivity contribution in [2.45, 2.75) is 45.0 Å². The molecule has 0 aromatic carbocycles. The van der Waals surface area contributed by atoms with Crippen molar-refractivity contribution in [3.63, 3.8) is 0 Å². The second kappa shape index (κ2) is 6.85. The van der Waals surface area contributed by atoms with Gasteiger partial charge in [0.1, 0.15) is 0 Å². The third-order valence-electron chi connectivity index (χ3n) is 4.14. The van der Waals surface area contributed by atoms with Gasteiger partial charge in [0.05, 0.1) is 5.25 Å². The molecule has 0 spiro atoms. The van der Waals surface area contributed by atoms with Crippen molar-refractivity contribution < 1.29 is 8.42 Å². The summed E-state index contributed by atoms with van der Waals surface area (Å²) in [6, 6.07) is 4.35. The average molecular weight is 311 g/mol. The summed E-state index contributed by atoms with van der Waals surface area (Å²) in [5.74, 6) is 0.314. The predicted octanol–water partition coefficient (Wildman–Crippen LogP) is 1.62. The van der Waals surface area contributed by atoms with Crippen LogP contribution in [0.4, 0.5) is 0 Å². The number of hydrogen-bond donors (Lipinski definition) is 1. The average Bonchev–Trinajstić information content (AvgIpc) is 2.46. The second-order valence-corrected chi connectivity index (χ2v) is 8.55. The van der Waals surface area contributed by atoms with Crippen molar-refractivity contribution >= 4 is 10.0 Å². The summed E-state index contributed by atoms with van der Waals surface area (Å²) in [7, 11) is -3.13. The van der Waals surface area contributed by atoms with E-state index in [-0.39, 0.29) is 5.25 Å². The summed E-state index contributed by atoms with van der Waals surface area (Å²) < 4.78 is 26.1. The van der Waals surface area contributed by atoms with E-state index < -0.39 is 10.0 Å². The predicted molar refractivity (Wildman–Crippen MR) is 84.3 cm³/mol.